The molecule has 1 aromatic carbocycles. The normalized spacial score (nSPS) is 10.4. The van der Waals surface area contributed by atoms with Gasteiger partial charge in [-0.1, -0.05) is 6.92 Å². The fraction of sp³-hybridized carbons (Fsp3) is 0.200. The highest BCUT2D eigenvalue weighted by Crippen LogP contribution is 2.30. The summed E-state index contributed by atoms with van der Waals surface area (Å²) < 4.78 is 19.4. The summed E-state index contributed by atoms with van der Waals surface area (Å²) in [7, 11) is 0. The predicted octanol–water partition coefficient (Wildman–Crippen LogP) is 3.16. The number of nitrogens with two attached hydrogens (primary N) is 1. The van der Waals surface area contributed by atoms with Crippen molar-refractivity contribution in [2.24, 2.45) is 0 Å². The van der Waals surface area contributed by atoms with Crippen molar-refractivity contribution in [1.82, 2.24) is 4.98 Å². The number of nitrogen functional groups attached to an aromatic ring is 1. The average molecular weight is 290 g/mol. The first kappa shape index (κ1) is 14.8. The van der Waals surface area contributed by atoms with Gasteiger partial charge in [0.2, 0.25) is 0 Å². The summed E-state index contributed by atoms with van der Waals surface area (Å²) in [5, 5.41) is 9.01. The number of carboxylic acid groups (broad SMARTS) is 1. The maximum atomic E-state index is 13.9. The third kappa shape index (κ3) is 3.10. The first-order valence-corrected chi connectivity index (χ1v) is 6.39. The highest BCUT2D eigenvalue weighted by molar-refractivity contribution is 5.94. The molecule has 110 valence electrons. The predicted molar refractivity (Wildman–Crippen MR) is 76.2 cm³/mol. The number of benzene rings is 1. The lowest BCUT2D eigenvalue weighted by atomic mass is 10.1. The quantitative estimate of drug-likeness (QED) is 0.845. The van der Waals surface area contributed by atoms with Crippen molar-refractivity contribution >= 4 is 11.7 Å². The Morgan fingerprint density at radius 2 is 2.10 bits per heavy atom. The number of aromatic nitrogens is 1. The zero-order valence-corrected chi connectivity index (χ0v) is 11.7. The molecule has 0 aliphatic rings. The lowest BCUT2D eigenvalue weighted by Gasteiger charge is -2.12. The van der Waals surface area contributed by atoms with Gasteiger partial charge in [0.1, 0.15) is 5.75 Å². The largest absolute Gasteiger partial charge is 0.478 e. The fourth-order valence-electron chi connectivity index (χ4n) is 1.89. The Balaban J connectivity index is 2.44. The summed E-state index contributed by atoms with van der Waals surface area (Å²) in [5.41, 5.74) is 6.61. The lowest BCUT2D eigenvalue weighted by molar-refractivity contribution is 0.0697. The standard InChI is InChI=1S/C15H15FN2O3/c1-3-12-13(5-4-8(2)18-12)21-14-6-9(15(19)20)11(17)7-10(14)16/h4-7H,3,17H2,1-2H3,(H,19,20). The number of anilines is 1. The molecule has 0 aliphatic heterocycles. The van der Waals surface area contributed by atoms with Crippen molar-refractivity contribution in [3.63, 3.8) is 0 Å². The van der Waals surface area contributed by atoms with E-state index in [1.807, 2.05) is 13.8 Å². The number of pyridine rings is 1. The number of aromatic carboxylic acids is 1. The van der Waals surface area contributed by atoms with Gasteiger partial charge in [-0.25, -0.2) is 9.18 Å². The molecule has 1 heterocycles. The van der Waals surface area contributed by atoms with Gasteiger partial charge in [0.05, 0.1) is 11.3 Å². The molecule has 0 radical (unpaired) electrons. The van der Waals surface area contributed by atoms with E-state index in [1.54, 1.807) is 12.1 Å². The van der Waals surface area contributed by atoms with E-state index in [0.29, 0.717) is 17.9 Å². The molecule has 21 heavy (non-hydrogen) atoms. The number of halogens is 1. The van der Waals surface area contributed by atoms with E-state index in [0.717, 1.165) is 17.8 Å². The molecule has 0 atom stereocenters. The number of nitrogens with zero attached hydrogens (tertiary/aromatic N) is 1. The lowest BCUT2D eigenvalue weighted by Crippen LogP contribution is -2.04. The Bertz CT molecular complexity index is 702. The van der Waals surface area contributed by atoms with E-state index in [-0.39, 0.29) is 17.0 Å². The second-order valence-corrected chi connectivity index (χ2v) is 4.53. The van der Waals surface area contributed by atoms with Crippen LogP contribution in [0.15, 0.2) is 24.3 Å². The van der Waals surface area contributed by atoms with Gasteiger partial charge in [-0.15, -0.1) is 0 Å². The minimum Gasteiger partial charge on any atom is -0.478 e. The number of carbonyl (C=O) groups is 1. The van der Waals surface area contributed by atoms with Crippen LogP contribution >= 0.6 is 0 Å². The van der Waals surface area contributed by atoms with E-state index in [1.165, 1.54) is 0 Å². The second-order valence-electron chi connectivity index (χ2n) is 4.53. The van der Waals surface area contributed by atoms with Crippen molar-refractivity contribution in [2.45, 2.75) is 20.3 Å². The van der Waals surface area contributed by atoms with Crippen molar-refractivity contribution in [3.8, 4) is 11.5 Å². The minimum atomic E-state index is -1.24. The van der Waals surface area contributed by atoms with Gasteiger partial charge in [-0.05, 0) is 25.5 Å². The number of aryl methyl sites for hydroxylation is 2. The fourth-order valence-corrected chi connectivity index (χ4v) is 1.89. The van der Waals surface area contributed by atoms with Crippen LogP contribution < -0.4 is 10.5 Å². The third-order valence-corrected chi connectivity index (χ3v) is 2.96. The smallest absolute Gasteiger partial charge is 0.337 e. The number of rotatable bonds is 4. The Morgan fingerprint density at radius 3 is 2.71 bits per heavy atom. The molecule has 3 N–H and O–H groups in total. The topological polar surface area (TPSA) is 85.4 Å². The van der Waals surface area contributed by atoms with E-state index < -0.39 is 11.8 Å². The van der Waals surface area contributed by atoms with Gasteiger partial charge < -0.3 is 15.6 Å². The Labute approximate surface area is 121 Å². The maximum absolute atomic E-state index is 13.9. The number of hydrogen-bond acceptors (Lipinski definition) is 4. The molecule has 0 saturated heterocycles. The van der Waals surface area contributed by atoms with Crippen LogP contribution in [0.3, 0.4) is 0 Å². The summed E-state index contributed by atoms with van der Waals surface area (Å²) in [6.07, 6.45) is 0.611. The highest BCUT2D eigenvalue weighted by atomic mass is 19.1. The third-order valence-electron chi connectivity index (χ3n) is 2.96. The summed E-state index contributed by atoms with van der Waals surface area (Å²) in [6, 6.07) is 5.43. The Kier molecular flexibility index (Phi) is 4.07. The highest BCUT2D eigenvalue weighted by Gasteiger charge is 2.16. The van der Waals surface area contributed by atoms with E-state index in [4.69, 9.17) is 15.6 Å². The average Bonchev–Trinajstić information content (AvgIpc) is 2.42. The first-order chi connectivity index (χ1) is 9.92. The van der Waals surface area contributed by atoms with Gasteiger partial charge in [0, 0.05) is 23.5 Å². The monoisotopic (exact) mass is 290 g/mol. The van der Waals surface area contributed by atoms with E-state index in [2.05, 4.69) is 4.98 Å². The molecule has 0 amide bonds. The minimum absolute atomic E-state index is 0.148. The summed E-state index contributed by atoms with van der Waals surface area (Å²) >= 11 is 0. The molecule has 5 nitrogen and oxygen atoms in total. The molecule has 2 aromatic rings. The van der Waals surface area contributed by atoms with Gasteiger partial charge in [-0.3, -0.25) is 4.98 Å². The van der Waals surface area contributed by atoms with Crippen LogP contribution in [0.4, 0.5) is 10.1 Å². The molecule has 0 unspecified atom stereocenters. The van der Waals surface area contributed by atoms with Gasteiger partial charge in [-0.2, -0.15) is 0 Å². The van der Waals surface area contributed by atoms with Crippen LogP contribution in [0.1, 0.15) is 28.7 Å². The number of ether oxygens (including phenoxy) is 1. The molecule has 0 fully saturated rings. The van der Waals surface area contributed by atoms with Gasteiger partial charge in [0.25, 0.3) is 0 Å². The molecule has 0 aliphatic carbocycles. The van der Waals surface area contributed by atoms with Crippen LogP contribution in [0.25, 0.3) is 0 Å². The SMILES string of the molecule is CCc1nc(C)ccc1Oc1cc(C(=O)O)c(N)cc1F. The molecule has 1 aromatic heterocycles. The van der Waals surface area contributed by atoms with Crippen LogP contribution in [0.5, 0.6) is 11.5 Å². The number of carboxylic acids is 1. The van der Waals surface area contributed by atoms with Crippen LogP contribution in [0.2, 0.25) is 0 Å². The van der Waals surface area contributed by atoms with Crippen molar-refractivity contribution in [1.29, 1.82) is 0 Å². The molecular formula is C15H15FN2O3. The summed E-state index contributed by atoms with van der Waals surface area (Å²) in [6.45, 7) is 3.74. The molecule has 6 heteroatoms. The van der Waals surface area contributed by atoms with Crippen LogP contribution in [0, 0.1) is 12.7 Å². The Morgan fingerprint density at radius 1 is 1.38 bits per heavy atom. The molecule has 0 saturated carbocycles. The summed E-state index contributed by atoms with van der Waals surface area (Å²) in [5.74, 6) is -1.76. The van der Waals surface area contributed by atoms with Crippen molar-refractivity contribution in [3.05, 3.63) is 47.0 Å². The van der Waals surface area contributed by atoms with Gasteiger partial charge in [0.15, 0.2) is 11.6 Å². The van der Waals surface area contributed by atoms with E-state index in [9.17, 15) is 9.18 Å². The van der Waals surface area contributed by atoms with Gasteiger partial charge >= 0.3 is 5.97 Å². The number of hydrogen-bond donors (Lipinski definition) is 2. The Hall–Kier alpha value is -2.63. The van der Waals surface area contributed by atoms with Crippen molar-refractivity contribution in [2.75, 3.05) is 5.73 Å². The molecule has 0 bridgehead atoms. The van der Waals surface area contributed by atoms with Crippen LogP contribution in [-0.4, -0.2) is 16.1 Å². The molecule has 2 rings (SSSR count). The summed E-state index contributed by atoms with van der Waals surface area (Å²) in [4.78, 5) is 15.3. The molecule has 0 spiro atoms. The second kappa shape index (κ2) is 5.78. The van der Waals surface area contributed by atoms with Crippen LogP contribution in [-0.2, 0) is 6.42 Å². The zero-order chi connectivity index (χ0) is 15.6. The zero-order valence-electron chi connectivity index (χ0n) is 11.7. The van der Waals surface area contributed by atoms with Crippen molar-refractivity contribution < 1.29 is 19.0 Å². The van der Waals surface area contributed by atoms with E-state index >= 15 is 0 Å². The molecular weight excluding hydrogens is 275 g/mol. The maximum Gasteiger partial charge on any atom is 0.337 e. The first-order valence-electron chi connectivity index (χ1n) is 6.39.